The molecule has 2 rings (SSSR count). The molecule has 92 valence electrons. The number of amidine groups is 1. The smallest absolute Gasteiger partial charge is 0.171 e. The molecule has 0 amide bonds. The number of piperazine rings is 1. The van der Waals surface area contributed by atoms with Gasteiger partial charge in [-0.25, -0.2) is 5.01 Å². The van der Waals surface area contributed by atoms with Crippen LogP contribution in [0.2, 0.25) is 0 Å². The predicted molar refractivity (Wildman–Crippen MR) is 70.7 cm³/mol. The summed E-state index contributed by atoms with van der Waals surface area (Å²) in [6, 6.07) is 0.455. The zero-order chi connectivity index (χ0) is 11.5. The average Bonchev–Trinajstić information content (AvgIpc) is 2.27. The maximum atomic E-state index is 4.69. The highest BCUT2D eigenvalue weighted by Crippen LogP contribution is 2.21. The number of hydrogen-bond donors (Lipinski definition) is 1. The standard InChI is InChI=1S/C11H22N4S/c1-9-8-16-11(12-10(9)2)13-15-6-4-14(3)5-7-15/h9-10H,4-8H2,1-3H3,(H,12,13). The Morgan fingerprint density at radius 2 is 1.94 bits per heavy atom. The number of nitrogens with zero attached hydrogens (tertiary/aromatic N) is 3. The van der Waals surface area contributed by atoms with Gasteiger partial charge in [0.05, 0.1) is 6.04 Å². The molecule has 1 N–H and O–H groups in total. The first kappa shape index (κ1) is 12.2. The third kappa shape index (κ3) is 3.12. The number of thioether (sulfide) groups is 1. The highest BCUT2D eigenvalue weighted by atomic mass is 32.2. The molecular weight excluding hydrogens is 220 g/mol. The number of hydrazine groups is 1. The SMILES string of the molecule is CC1CSC(NN2CCN(C)CC2)=NC1C. The third-order valence-corrected chi connectivity index (χ3v) is 4.55. The molecule has 0 bridgehead atoms. The molecule has 2 heterocycles. The summed E-state index contributed by atoms with van der Waals surface area (Å²) in [6.45, 7) is 8.91. The minimum Gasteiger partial charge on any atom is -0.304 e. The van der Waals surface area contributed by atoms with Crippen molar-refractivity contribution in [2.75, 3.05) is 39.0 Å². The van der Waals surface area contributed by atoms with E-state index in [9.17, 15) is 0 Å². The third-order valence-electron chi connectivity index (χ3n) is 3.38. The summed E-state index contributed by atoms with van der Waals surface area (Å²) < 4.78 is 0. The zero-order valence-electron chi connectivity index (χ0n) is 10.4. The summed E-state index contributed by atoms with van der Waals surface area (Å²) in [5.41, 5.74) is 3.45. The topological polar surface area (TPSA) is 30.9 Å². The van der Waals surface area contributed by atoms with Gasteiger partial charge in [-0.1, -0.05) is 18.7 Å². The first-order chi connectivity index (χ1) is 7.65. The van der Waals surface area contributed by atoms with Crippen LogP contribution >= 0.6 is 11.8 Å². The molecule has 2 atom stereocenters. The number of hydrogen-bond acceptors (Lipinski definition) is 5. The van der Waals surface area contributed by atoms with E-state index >= 15 is 0 Å². The molecule has 5 heteroatoms. The van der Waals surface area contributed by atoms with E-state index in [4.69, 9.17) is 0 Å². The van der Waals surface area contributed by atoms with Crippen molar-refractivity contribution in [1.82, 2.24) is 15.3 Å². The monoisotopic (exact) mass is 242 g/mol. The molecule has 0 radical (unpaired) electrons. The normalized spacial score (nSPS) is 33.6. The van der Waals surface area contributed by atoms with E-state index in [0.717, 1.165) is 31.3 Å². The highest BCUT2D eigenvalue weighted by molar-refractivity contribution is 8.13. The molecule has 0 aromatic rings. The Kier molecular flexibility index (Phi) is 4.10. The Hall–Kier alpha value is -0.260. The summed E-state index contributed by atoms with van der Waals surface area (Å²) in [4.78, 5) is 7.05. The van der Waals surface area contributed by atoms with Crippen molar-refractivity contribution in [2.24, 2.45) is 10.9 Å². The van der Waals surface area contributed by atoms with Gasteiger partial charge in [0.1, 0.15) is 0 Å². The summed E-state index contributed by atoms with van der Waals surface area (Å²) in [5, 5.41) is 3.39. The fourth-order valence-corrected chi connectivity index (χ4v) is 2.95. The molecule has 4 nitrogen and oxygen atoms in total. The van der Waals surface area contributed by atoms with Crippen LogP contribution in [-0.4, -0.2) is 60.1 Å². The lowest BCUT2D eigenvalue weighted by Gasteiger charge is -2.34. The van der Waals surface area contributed by atoms with E-state index in [1.54, 1.807) is 0 Å². The largest absolute Gasteiger partial charge is 0.304 e. The predicted octanol–water partition coefficient (Wildman–Crippen LogP) is 0.866. The van der Waals surface area contributed by atoms with Crippen LogP contribution < -0.4 is 5.43 Å². The highest BCUT2D eigenvalue weighted by Gasteiger charge is 2.21. The van der Waals surface area contributed by atoms with E-state index < -0.39 is 0 Å². The second-order valence-corrected chi connectivity index (χ2v) is 5.87. The maximum absolute atomic E-state index is 4.69. The molecule has 0 aromatic carbocycles. The number of rotatable bonds is 1. The molecule has 0 aliphatic carbocycles. The van der Waals surface area contributed by atoms with Gasteiger partial charge in [-0.15, -0.1) is 0 Å². The quantitative estimate of drug-likeness (QED) is 0.739. The van der Waals surface area contributed by atoms with E-state index in [-0.39, 0.29) is 0 Å². The van der Waals surface area contributed by atoms with Gasteiger partial charge in [0, 0.05) is 31.9 Å². The fourth-order valence-electron chi connectivity index (χ4n) is 1.81. The molecule has 0 aromatic heterocycles. The Balaban J connectivity index is 1.83. The van der Waals surface area contributed by atoms with Crippen molar-refractivity contribution >= 4 is 16.9 Å². The van der Waals surface area contributed by atoms with Gasteiger partial charge in [0.15, 0.2) is 5.17 Å². The lowest BCUT2D eigenvalue weighted by molar-refractivity contribution is 0.131. The summed E-state index contributed by atoms with van der Waals surface area (Å²) in [6.07, 6.45) is 0. The van der Waals surface area contributed by atoms with Crippen LogP contribution in [0.5, 0.6) is 0 Å². The Bertz CT molecular complexity index is 261. The second kappa shape index (κ2) is 5.38. The Morgan fingerprint density at radius 3 is 2.56 bits per heavy atom. The number of aliphatic imine (C=N–C) groups is 1. The van der Waals surface area contributed by atoms with Gasteiger partial charge in [-0.3, -0.25) is 10.4 Å². The van der Waals surface area contributed by atoms with E-state index in [1.165, 1.54) is 5.75 Å². The van der Waals surface area contributed by atoms with E-state index in [0.29, 0.717) is 12.0 Å². The minimum atomic E-state index is 0.455. The van der Waals surface area contributed by atoms with Crippen LogP contribution in [0.4, 0.5) is 0 Å². The lowest BCUT2D eigenvalue weighted by atomic mass is 10.1. The summed E-state index contributed by atoms with van der Waals surface area (Å²) >= 11 is 1.85. The van der Waals surface area contributed by atoms with Crippen molar-refractivity contribution in [3.8, 4) is 0 Å². The minimum absolute atomic E-state index is 0.455. The molecule has 2 aliphatic rings. The van der Waals surface area contributed by atoms with Gasteiger partial charge in [-0.05, 0) is 19.9 Å². The van der Waals surface area contributed by atoms with Gasteiger partial charge in [0.25, 0.3) is 0 Å². The van der Waals surface area contributed by atoms with Gasteiger partial charge in [0.2, 0.25) is 0 Å². The van der Waals surface area contributed by atoms with Crippen molar-refractivity contribution in [1.29, 1.82) is 0 Å². The fraction of sp³-hybridized carbons (Fsp3) is 0.909. The van der Waals surface area contributed by atoms with Crippen molar-refractivity contribution < 1.29 is 0 Å². The van der Waals surface area contributed by atoms with Crippen LogP contribution in [0.15, 0.2) is 4.99 Å². The van der Waals surface area contributed by atoms with E-state index in [1.807, 2.05) is 11.8 Å². The van der Waals surface area contributed by atoms with Gasteiger partial charge in [-0.2, -0.15) is 0 Å². The molecule has 0 saturated carbocycles. The lowest BCUT2D eigenvalue weighted by Crippen LogP contribution is -2.52. The first-order valence-corrected chi connectivity index (χ1v) is 7.04. The average molecular weight is 242 g/mol. The molecule has 1 fully saturated rings. The molecule has 1 saturated heterocycles. The number of likely N-dealkylation sites (N-methyl/N-ethyl adjacent to an activating group) is 1. The second-order valence-electron chi connectivity index (χ2n) is 4.87. The Morgan fingerprint density at radius 1 is 1.25 bits per heavy atom. The molecular formula is C11H22N4S. The Labute approximate surface area is 102 Å². The first-order valence-electron chi connectivity index (χ1n) is 6.06. The summed E-state index contributed by atoms with van der Waals surface area (Å²) in [7, 11) is 2.17. The van der Waals surface area contributed by atoms with Crippen molar-refractivity contribution in [2.45, 2.75) is 19.9 Å². The van der Waals surface area contributed by atoms with Crippen molar-refractivity contribution in [3.05, 3.63) is 0 Å². The van der Waals surface area contributed by atoms with E-state index in [2.05, 4.69) is 41.2 Å². The maximum Gasteiger partial charge on any atom is 0.171 e. The van der Waals surface area contributed by atoms with Crippen molar-refractivity contribution in [3.63, 3.8) is 0 Å². The van der Waals surface area contributed by atoms with Gasteiger partial charge < -0.3 is 4.90 Å². The van der Waals surface area contributed by atoms with Crippen LogP contribution in [-0.2, 0) is 0 Å². The van der Waals surface area contributed by atoms with Crippen LogP contribution in [0.25, 0.3) is 0 Å². The molecule has 16 heavy (non-hydrogen) atoms. The molecule has 2 unspecified atom stereocenters. The molecule has 2 aliphatic heterocycles. The van der Waals surface area contributed by atoms with Crippen LogP contribution in [0, 0.1) is 5.92 Å². The zero-order valence-corrected chi connectivity index (χ0v) is 11.3. The number of nitrogens with one attached hydrogen (secondary N) is 1. The van der Waals surface area contributed by atoms with Crippen LogP contribution in [0.1, 0.15) is 13.8 Å². The molecule has 0 spiro atoms. The summed E-state index contributed by atoms with van der Waals surface area (Å²) in [5.74, 6) is 1.88. The van der Waals surface area contributed by atoms with Gasteiger partial charge >= 0.3 is 0 Å². The van der Waals surface area contributed by atoms with Crippen LogP contribution in [0.3, 0.4) is 0 Å².